The summed E-state index contributed by atoms with van der Waals surface area (Å²) in [5, 5.41) is 6.32. The second kappa shape index (κ2) is 10.5. The second-order valence-corrected chi connectivity index (χ2v) is 7.96. The molecule has 0 aliphatic rings. The molecule has 1 heterocycles. The highest BCUT2D eigenvalue weighted by Gasteiger charge is 2.14. The molecule has 0 spiro atoms. The lowest BCUT2D eigenvalue weighted by Crippen LogP contribution is -3.06. The van der Waals surface area contributed by atoms with Gasteiger partial charge >= 0.3 is 0 Å². The van der Waals surface area contributed by atoms with Gasteiger partial charge < -0.3 is 20.0 Å². The van der Waals surface area contributed by atoms with Gasteiger partial charge in [-0.2, -0.15) is 0 Å². The molecule has 0 unspecified atom stereocenters. The van der Waals surface area contributed by atoms with Crippen molar-refractivity contribution in [2.45, 2.75) is 20.4 Å². The van der Waals surface area contributed by atoms with Gasteiger partial charge in [-0.3, -0.25) is 0 Å². The topological polar surface area (TPSA) is 22.9 Å². The third kappa shape index (κ3) is 5.97. The first-order valence-corrected chi connectivity index (χ1v) is 10.6. The summed E-state index contributed by atoms with van der Waals surface area (Å²) in [6.45, 7) is 9.11. The summed E-state index contributed by atoms with van der Waals surface area (Å²) in [6, 6.07) is 13.0. The molecule has 26 heavy (non-hydrogen) atoms. The van der Waals surface area contributed by atoms with Crippen LogP contribution in [0.4, 0.5) is 11.4 Å². The number of benzene rings is 1. The molecule has 0 saturated carbocycles. The fourth-order valence-corrected chi connectivity index (χ4v) is 3.75. The highest BCUT2D eigenvalue weighted by molar-refractivity contribution is 7.80. The Morgan fingerprint density at radius 2 is 1.73 bits per heavy atom. The van der Waals surface area contributed by atoms with Gasteiger partial charge in [-0.05, 0) is 61.8 Å². The molecular weight excluding hydrogens is 360 g/mol. The summed E-state index contributed by atoms with van der Waals surface area (Å²) in [5.41, 5.74) is 2.38. The summed E-state index contributed by atoms with van der Waals surface area (Å²) in [7, 11) is 4.31. The SMILES string of the molecule is CCN(CC)c1ccc(N(Cc2cccs2)C(=S)NCC[NH+](C)C)cc1. The van der Waals surface area contributed by atoms with E-state index in [0.29, 0.717) is 0 Å². The van der Waals surface area contributed by atoms with Gasteiger partial charge in [0.05, 0.1) is 33.7 Å². The molecule has 0 saturated heterocycles. The lowest BCUT2D eigenvalue weighted by molar-refractivity contribution is -0.856. The van der Waals surface area contributed by atoms with Crippen LogP contribution in [0.3, 0.4) is 0 Å². The molecule has 1 aromatic carbocycles. The number of thiophene rings is 1. The zero-order chi connectivity index (χ0) is 18.9. The number of rotatable bonds is 9. The lowest BCUT2D eigenvalue weighted by Gasteiger charge is -2.27. The number of thiocarbonyl (C=S) groups is 1. The number of anilines is 2. The number of likely N-dealkylation sites (N-methyl/N-ethyl adjacent to an activating group) is 1. The van der Waals surface area contributed by atoms with E-state index in [1.165, 1.54) is 15.5 Å². The van der Waals surface area contributed by atoms with Crippen LogP contribution in [0.15, 0.2) is 41.8 Å². The van der Waals surface area contributed by atoms with E-state index in [2.05, 4.69) is 84.8 Å². The highest BCUT2D eigenvalue weighted by atomic mass is 32.1. The van der Waals surface area contributed by atoms with Gasteiger partial charge in [0.25, 0.3) is 0 Å². The average molecular weight is 392 g/mol. The predicted molar refractivity (Wildman–Crippen MR) is 119 cm³/mol. The molecular formula is C20H31N4S2+. The largest absolute Gasteiger partial charge is 0.372 e. The number of hydrogen-bond donors (Lipinski definition) is 2. The molecule has 4 nitrogen and oxygen atoms in total. The van der Waals surface area contributed by atoms with Crippen molar-refractivity contribution in [1.82, 2.24) is 5.32 Å². The molecule has 6 heteroatoms. The first-order chi connectivity index (χ1) is 12.5. The van der Waals surface area contributed by atoms with Gasteiger partial charge in [0.1, 0.15) is 0 Å². The molecule has 0 amide bonds. The molecule has 0 bridgehead atoms. The van der Waals surface area contributed by atoms with Gasteiger partial charge in [0.15, 0.2) is 5.11 Å². The molecule has 0 fully saturated rings. The van der Waals surface area contributed by atoms with Crippen LogP contribution in [0.2, 0.25) is 0 Å². The summed E-state index contributed by atoms with van der Waals surface area (Å²) in [4.78, 5) is 7.26. The molecule has 2 aromatic rings. The molecule has 0 atom stereocenters. The number of nitrogens with one attached hydrogen (secondary N) is 2. The van der Waals surface area contributed by atoms with E-state index in [-0.39, 0.29) is 0 Å². The number of nitrogens with zero attached hydrogens (tertiary/aromatic N) is 2. The maximum absolute atomic E-state index is 5.71. The molecule has 2 rings (SSSR count). The monoisotopic (exact) mass is 391 g/mol. The summed E-state index contributed by atoms with van der Waals surface area (Å²) >= 11 is 7.48. The summed E-state index contributed by atoms with van der Waals surface area (Å²) in [6.07, 6.45) is 0. The van der Waals surface area contributed by atoms with Crippen LogP contribution < -0.4 is 20.0 Å². The van der Waals surface area contributed by atoms with Gasteiger partial charge in [0.2, 0.25) is 0 Å². The van der Waals surface area contributed by atoms with Crippen LogP contribution in [0.25, 0.3) is 0 Å². The van der Waals surface area contributed by atoms with E-state index in [9.17, 15) is 0 Å². The van der Waals surface area contributed by atoms with Crippen LogP contribution in [-0.4, -0.2) is 45.4 Å². The van der Waals surface area contributed by atoms with Crippen molar-refractivity contribution in [3.05, 3.63) is 46.7 Å². The first kappa shape index (κ1) is 20.7. The third-order valence-corrected chi connectivity index (χ3v) is 5.56. The van der Waals surface area contributed by atoms with Crippen molar-refractivity contribution in [1.29, 1.82) is 0 Å². The van der Waals surface area contributed by atoms with E-state index in [1.807, 2.05) is 0 Å². The quantitative estimate of drug-likeness (QED) is 0.642. The fraction of sp³-hybridized carbons (Fsp3) is 0.450. The van der Waals surface area contributed by atoms with Crippen LogP contribution in [-0.2, 0) is 6.54 Å². The maximum Gasteiger partial charge on any atom is 0.174 e. The molecule has 2 N–H and O–H groups in total. The highest BCUT2D eigenvalue weighted by Crippen LogP contribution is 2.23. The smallest absolute Gasteiger partial charge is 0.174 e. The molecule has 0 radical (unpaired) electrons. The minimum absolute atomic E-state index is 0.787. The van der Waals surface area contributed by atoms with E-state index < -0.39 is 0 Å². The molecule has 0 aliphatic heterocycles. The zero-order valence-electron chi connectivity index (χ0n) is 16.3. The standard InChI is InChI=1S/C20H30N4S2/c1-5-23(6-2)17-9-11-18(12-10-17)24(16-19-8-7-15-26-19)20(25)21-13-14-22(3)4/h7-12,15H,5-6,13-14,16H2,1-4H3,(H,21,25)/p+1. The van der Waals surface area contributed by atoms with Gasteiger partial charge in [-0.25, -0.2) is 0 Å². The van der Waals surface area contributed by atoms with E-state index in [0.717, 1.165) is 43.5 Å². The van der Waals surface area contributed by atoms with Crippen LogP contribution in [0, 0.1) is 0 Å². The predicted octanol–water partition coefficient (Wildman–Crippen LogP) is 2.62. The Morgan fingerprint density at radius 3 is 2.27 bits per heavy atom. The van der Waals surface area contributed by atoms with Crippen molar-refractivity contribution < 1.29 is 4.90 Å². The Morgan fingerprint density at radius 1 is 1.08 bits per heavy atom. The molecule has 1 aromatic heterocycles. The average Bonchev–Trinajstić information content (AvgIpc) is 3.14. The van der Waals surface area contributed by atoms with Crippen molar-refractivity contribution in [3.8, 4) is 0 Å². The fourth-order valence-electron chi connectivity index (χ4n) is 2.79. The summed E-state index contributed by atoms with van der Waals surface area (Å²) < 4.78 is 0. The Balaban J connectivity index is 2.15. The Hall–Kier alpha value is -1.63. The van der Waals surface area contributed by atoms with Crippen molar-refractivity contribution >= 4 is 40.0 Å². The summed E-state index contributed by atoms with van der Waals surface area (Å²) in [5.74, 6) is 0. The maximum atomic E-state index is 5.71. The Bertz CT molecular complexity index is 649. The molecule has 0 aliphatic carbocycles. The Labute approximate surface area is 167 Å². The van der Waals surface area contributed by atoms with Crippen LogP contribution in [0.5, 0.6) is 0 Å². The van der Waals surface area contributed by atoms with Crippen molar-refractivity contribution in [3.63, 3.8) is 0 Å². The molecule has 142 valence electrons. The third-order valence-electron chi connectivity index (χ3n) is 4.33. The van der Waals surface area contributed by atoms with Gasteiger partial charge in [-0.1, -0.05) is 6.07 Å². The van der Waals surface area contributed by atoms with E-state index >= 15 is 0 Å². The van der Waals surface area contributed by atoms with Gasteiger partial charge in [0, 0.05) is 29.3 Å². The Kier molecular flexibility index (Phi) is 8.35. The van der Waals surface area contributed by atoms with Gasteiger partial charge in [-0.15, -0.1) is 11.3 Å². The van der Waals surface area contributed by atoms with Crippen molar-refractivity contribution in [2.75, 3.05) is 50.1 Å². The number of hydrogen-bond acceptors (Lipinski definition) is 3. The van der Waals surface area contributed by atoms with Crippen molar-refractivity contribution in [2.24, 2.45) is 0 Å². The minimum atomic E-state index is 0.787. The number of quaternary nitrogens is 1. The lowest BCUT2D eigenvalue weighted by atomic mass is 10.2. The van der Waals surface area contributed by atoms with Crippen LogP contribution in [0.1, 0.15) is 18.7 Å². The normalized spacial score (nSPS) is 10.8. The zero-order valence-corrected chi connectivity index (χ0v) is 17.9. The minimum Gasteiger partial charge on any atom is -0.372 e. The first-order valence-electron chi connectivity index (χ1n) is 9.27. The van der Waals surface area contributed by atoms with Crippen LogP contribution >= 0.6 is 23.6 Å². The van der Waals surface area contributed by atoms with E-state index in [1.54, 1.807) is 11.3 Å². The second-order valence-electron chi connectivity index (χ2n) is 6.54. The van der Waals surface area contributed by atoms with E-state index in [4.69, 9.17) is 12.2 Å².